The van der Waals surface area contributed by atoms with E-state index in [1.807, 2.05) is 30.5 Å². The lowest BCUT2D eigenvalue weighted by Crippen LogP contribution is -2.23. The minimum atomic E-state index is -3.62. The van der Waals surface area contributed by atoms with Gasteiger partial charge in [0.2, 0.25) is 10.0 Å². The summed E-state index contributed by atoms with van der Waals surface area (Å²) in [5.74, 6) is 0.860. The maximum Gasteiger partial charge on any atom is 0.241 e. The van der Waals surface area contributed by atoms with Crippen molar-refractivity contribution < 1.29 is 17.9 Å². The van der Waals surface area contributed by atoms with Gasteiger partial charge in [0.25, 0.3) is 0 Å². The summed E-state index contributed by atoms with van der Waals surface area (Å²) in [6, 6.07) is 12.2. The van der Waals surface area contributed by atoms with Crippen LogP contribution in [-0.2, 0) is 16.6 Å². The zero-order valence-electron chi connectivity index (χ0n) is 13.2. The number of sulfonamides is 1. The number of hydrogen-bond donors (Lipinski definition) is 1. The van der Waals surface area contributed by atoms with E-state index < -0.39 is 10.0 Å². The van der Waals surface area contributed by atoms with Crippen molar-refractivity contribution in [3.8, 4) is 11.5 Å². The number of ether oxygens (including phenoxy) is 2. The first-order valence-electron chi connectivity index (χ1n) is 6.85. The van der Waals surface area contributed by atoms with E-state index in [-0.39, 0.29) is 11.4 Å². The Hall–Kier alpha value is -1.70. The van der Waals surface area contributed by atoms with Crippen LogP contribution in [0.2, 0.25) is 0 Å². The van der Waals surface area contributed by atoms with Gasteiger partial charge < -0.3 is 9.47 Å². The minimum Gasteiger partial charge on any atom is -0.493 e. The van der Waals surface area contributed by atoms with Crippen molar-refractivity contribution in [2.24, 2.45) is 0 Å². The lowest BCUT2D eigenvalue weighted by Gasteiger charge is -2.11. The van der Waals surface area contributed by atoms with E-state index in [4.69, 9.17) is 9.47 Å². The minimum absolute atomic E-state index is 0.135. The molecule has 0 amide bonds. The maximum atomic E-state index is 12.4. The fraction of sp³-hybridized carbons (Fsp3) is 0.250. The van der Waals surface area contributed by atoms with Crippen LogP contribution in [0.15, 0.2) is 52.3 Å². The van der Waals surface area contributed by atoms with Gasteiger partial charge in [0.05, 0.1) is 19.1 Å². The second kappa shape index (κ2) is 7.72. The predicted octanol–water partition coefficient (Wildman–Crippen LogP) is 2.90. The molecule has 0 saturated carbocycles. The highest BCUT2D eigenvalue weighted by molar-refractivity contribution is 7.98. The first-order chi connectivity index (χ1) is 11.0. The number of thioether (sulfide) groups is 1. The number of rotatable bonds is 7. The maximum absolute atomic E-state index is 12.4. The molecule has 0 atom stereocenters. The first kappa shape index (κ1) is 17.7. The van der Waals surface area contributed by atoms with Gasteiger partial charge in [-0.1, -0.05) is 12.1 Å². The van der Waals surface area contributed by atoms with Gasteiger partial charge in [-0.3, -0.25) is 0 Å². The zero-order chi connectivity index (χ0) is 16.9. The number of hydrogen-bond acceptors (Lipinski definition) is 5. The molecule has 0 aliphatic carbocycles. The summed E-state index contributed by atoms with van der Waals surface area (Å²) in [6.45, 7) is 0.228. The van der Waals surface area contributed by atoms with E-state index in [1.165, 1.54) is 26.4 Å². The van der Waals surface area contributed by atoms with Crippen molar-refractivity contribution in [2.45, 2.75) is 16.3 Å². The second-order valence-electron chi connectivity index (χ2n) is 4.69. The van der Waals surface area contributed by atoms with Crippen LogP contribution in [0.3, 0.4) is 0 Å². The van der Waals surface area contributed by atoms with E-state index in [9.17, 15) is 8.42 Å². The van der Waals surface area contributed by atoms with Crippen LogP contribution in [0.25, 0.3) is 0 Å². The molecule has 0 radical (unpaired) electrons. The van der Waals surface area contributed by atoms with Gasteiger partial charge in [-0.15, -0.1) is 11.8 Å². The predicted molar refractivity (Wildman–Crippen MR) is 91.8 cm³/mol. The summed E-state index contributed by atoms with van der Waals surface area (Å²) >= 11 is 1.64. The fourth-order valence-electron chi connectivity index (χ4n) is 1.99. The summed E-state index contributed by atoms with van der Waals surface area (Å²) in [7, 11) is -0.653. The summed E-state index contributed by atoms with van der Waals surface area (Å²) in [5, 5.41) is 0. The third-order valence-electron chi connectivity index (χ3n) is 3.29. The molecule has 0 fully saturated rings. The average molecular weight is 353 g/mol. The van der Waals surface area contributed by atoms with Crippen molar-refractivity contribution in [2.75, 3.05) is 20.5 Å². The van der Waals surface area contributed by atoms with Crippen LogP contribution < -0.4 is 14.2 Å². The molecule has 0 unspecified atom stereocenters. The molecule has 0 aromatic heterocycles. The van der Waals surface area contributed by atoms with Crippen LogP contribution in [0.4, 0.5) is 0 Å². The monoisotopic (exact) mass is 353 g/mol. The molecule has 0 bridgehead atoms. The Labute approximate surface area is 141 Å². The number of benzene rings is 2. The van der Waals surface area contributed by atoms with Gasteiger partial charge in [-0.2, -0.15) is 0 Å². The van der Waals surface area contributed by atoms with Crippen molar-refractivity contribution >= 4 is 21.8 Å². The highest BCUT2D eigenvalue weighted by atomic mass is 32.2. The molecule has 23 heavy (non-hydrogen) atoms. The first-order valence-corrected chi connectivity index (χ1v) is 9.55. The van der Waals surface area contributed by atoms with Gasteiger partial charge in [-0.25, -0.2) is 13.1 Å². The van der Waals surface area contributed by atoms with E-state index in [0.717, 1.165) is 10.5 Å². The summed E-state index contributed by atoms with van der Waals surface area (Å²) < 4.78 is 37.6. The summed E-state index contributed by atoms with van der Waals surface area (Å²) in [5.41, 5.74) is 0.895. The second-order valence-corrected chi connectivity index (χ2v) is 7.34. The SMILES string of the molecule is COc1ccc(S(=O)(=O)NCc2ccc(SC)cc2)cc1OC. The van der Waals surface area contributed by atoms with Crippen molar-refractivity contribution in [3.05, 3.63) is 48.0 Å². The van der Waals surface area contributed by atoms with Crippen LogP contribution in [0.1, 0.15) is 5.56 Å². The molecule has 7 heteroatoms. The van der Waals surface area contributed by atoms with Crippen molar-refractivity contribution in [3.63, 3.8) is 0 Å². The third-order valence-corrected chi connectivity index (χ3v) is 5.43. The molecule has 0 heterocycles. The normalized spacial score (nSPS) is 11.3. The topological polar surface area (TPSA) is 64.6 Å². The van der Waals surface area contributed by atoms with Gasteiger partial charge in [0.1, 0.15) is 0 Å². The fourth-order valence-corrected chi connectivity index (χ4v) is 3.43. The van der Waals surface area contributed by atoms with E-state index in [0.29, 0.717) is 11.5 Å². The van der Waals surface area contributed by atoms with E-state index >= 15 is 0 Å². The van der Waals surface area contributed by atoms with Crippen molar-refractivity contribution in [1.29, 1.82) is 0 Å². The summed E-state index contributed by atoms with van der Waals surface area (Å²) in [4.78, 5) is 1.27. The Morgan fingerprint density at radius 3 is 2.22 bits per heavy atom. The van der Waals surface area contributed by atoms with E-state index in [1.54, 1.807) is 17.8 Å². The molecule has 0 spiro atoms. The largest absolute Gasteiger partial charge is 0.493 e. The van der Waals surface area contributed by atoms with Gasteiger partial charge in [-0.05, 0) is 36.1 Å². The number of methoxy groups -OCH3 is 2. The molecular weight excluding hydrogens is 334 g/mol. The Bertz CT molecular complexity index is 758. The molecule has 1 N–H and O–H groups in total. The van der Waals surface area contributed by atoms with Gasteiger partial charge in [0.15, 0.2) is 11.5 Å². The highest BCUT2D eigenvalue weighted by Crippen LogP contribution is 2.29. The molecule has 2 rings (SSSR count). The molecule has 2 aromatic rings. The lowest BCUT2D eigenvalue weighted by atomic mass is 10.2. The lowest BCUT2D eigenvalue weighted by molar-refractivity contribution is 0.354. The van der Waals surface area contributed by atoms with Gasteiger partial charge >= 0.3 is 0 Å². The molecule has 2 aromatic carbocycles. The Kier molecular flexibility index (Phi) is 5.92. The Morgan fingerprint density at radius 2 is 1.65 bits per heavy atom. The molecule has 0 aliphatic rings. The molecule has 0 aliphatic heterocycles. The summed E-state index contributed by atoms with van der Waals surface area (Å²) in [6.07, 6.45) is 1.99. The third kappa shape index (κ3) is 4.40. The Morgan fingerprint density at radius 1 is 1.00 bits per heavy atom. The average Bonchev–Trinajstić information content (AvgIpc) is 2.59. The van der Waals surface area contributed by atoms with Crippen LogP contribution in [0.5, 0.6) is 11.5 Å². The van der Waals surface area contributed by atoms with Gasteiger partial charge in [0, 0.05) is 17.5 Å². The van der Waals surface area contributed by atoms with Crippen molar-refractivity contribution in [1.82, 2.24) is 4.72 Å². The Balaban J connectivity index is 2.14. The molecular formula is C16H19NO4S2. The quantitative estimate of drug-likeness (QED) is 0.776. The number of nitrogens with one attached hydrogen (secondary N) is 1. The van der Waals surface area contributed by atoms with E-state index in [2.05, 4.69) is 4.72 Å². The van der Waals surface area contributed by atoms with Crippen LogP contribution in [-0.4, -0.2) is 28.9 Å². The smallest absolute Gasteiger partial charge is 0.241 e. The van der Waals surface area contributed by atoms with Crippen LogP contribution in [0, 0.1) is 0 Å². The highest BCUT2D eigenvalue weighted by Gasteiger charge is 2.16. The standard InChI is InChI=1S/C16H19NO4S2/c1-20-15-9-8-14(10-16(15)21-2)23(18,19)17-11-12-4-6-13(22-3)7-5-12/h4-10,17H,11H2,1-3H3. The molecule has 124 valence electrons. The van der Waals surface area contributed by atoms with Crippen LogP contribution >= 0.6 is 11.8 Å². The molecule has 0 saturated heterocycles. The molecule has 5 nitrogen and oxygen atoms in total. The zero-order valence-corrected chi connectivity index (χ0v) is 14.8.